The average Bonchev–Trinajstić information content (AvgIpc) is 2.69. The van der Waals surface area contributed by atoms with Gasteiger partial charge in [0.05, 0.1) is 12.2 Å². The van der Waals surface area contributed by atoms with Crippen molar-refractivity contribution in [3.05, 3.63) is 47.3 Å². The summed E-state index contributed by atoms with van der Waals surface area (Å²) in [5.74, 6) is 0. The third kappa shape index (κ3) is 2.65. The molecule has 3 nitrogen and oxygen atoms in total. The standard InChI is InChI=1S/C11H12BrN3/c1-9-2-4-10(5-3-9)7-15-8-11(6-12)13-14-15/h2-5,8H,6-7H2,1H3. The Bertz CT molecular complexity index is 433. The van der Waals surface area contributed by atoms with Gasteiger partial charge in [-0.2, -0.15) is 0 Å². The van der Waals surface area contributed by atoms with Crippen molar-refractivity contribution < 1.29 is 0 Å². The Morgan fingerprint density at radius 2 is 2.00 bits per heavy atom. The van der Waals surface area contributed by atoms with Gasteiger partial charge in [-0.3, -0.25) is 0 Å². The van der Waals surface area contributed by atoms with E-state index < -0.39 is 0 Å². The summed E-state index contributed by atoms with van der Waals surface area (Å²) >= 11 is 3.35. The molecule has 0 bridgehead atoms. The monoisotopic (exact) mass is 265 g/mol. The van der Waals surface area contributed by atoms with Crippen LogP contribution in [0, 0.1) is 6.92 Å². The Hall–Kier alpha value is -1.16. The molecule has 0 aliphatic heterocycles. The maximum atomic E-state index is 4.04. The molecule has 1 aromatic heterocycles. The van der Waals surface area contributed by atoms with E-state index in [9.17, 15) is 0 Å². The minimum absolute atomic E-state index is 0.751. The predicted octanol–water partition coefficient (Wildman–Crippen LogP) is 2.53. The molecule has 0 atom stereocenters. The van der Waals surface area contributed by atoms with Gasteiger partial charge in [0, 0.05) is 11.5 Å². The third-order valence-electron chi connectivity index (χ3n) is 2.19. The normalized spacial score (nSPS) is 10.5. The molecule has 0 aliphatic rings. The van der Waals surface area contributed by atoms with E-state index in [4.69, 9.17) is 0 Å². The molecule has 78 valence electrons. The third-order valence-corrected chi connectivity index (χ3v) is 2.76. The van der Waals surface area contributed by atoms with Crippen LogP contribution in [-0.2, 0) is 11.9 Å². The summed E-state index contributed by atoms with van der Waals surface area (Å²) in [5, 5.41) is 8.81. The van der Waals surface area contributed by atoms with E-state index in [-0.39, 0.29) is 0 Å². The summed E-state index contributed by atoms with van der Waals surface area (Å²) in [6, 6.07) is 8.45. The van der Waals surface area contributed by atoms with Gasteiger partial charge in [0.1, 0.15) is 0 Å². The van der Waals surface area contributed by atoms with Crippen LogP contribution in [-0.4, -0.2) is 15.0 Å². The summed E-state index contributed by atoms with van der Waals surface area (Å²) < 4.78 is 1.85. The Kier molecular flexibility index (Phi) is 3.16. The predicted molar refractivity (Wildman–Crippen MR) is 62.9 cm³/mol. The molecule has 0 aliphatic carbocycles. The van der Waals surface area contributed by atoms with Crippen LogP contribution in [0.25, 0.3) is 0 Å². The number of benzene rings is 1. The number of hydrogen-bond donors (Lipinski definition) is 0. The highest BCUT2D eigenvalue weighted by Gasteiger charge is 1.99. The molecule has 4 heteroatoms. The van der Waals surface area contributed by atoms with Crippen molar-refractivity contribution in [1.29, 1.82) is 0 Å². The van der Waals surface area contributed by atoms with E-state index in [0.29, 0.717) is 0 Å². The fourth-order valence-electron chi connectivity index (χ4n) is 1.36. The molecular formula is C11H12BrN3. The van der Waals surface area contributed by atoms with E-state index in [1.54, 1.807) is 0 Å². The fourth-order valence-corrected chi connectivity index (χ4v) is 1.61. The highest BCUT2D eigenvalue weighted by molar-refractivity contribution is 9.08. The number of halogens is 1. The second kappa shape index (κ2) is 4.57. The highest BCUT2D eigenvalue weighted by atomic mass is 79.9. The van der Waals surface area contributed by atoms with E-state index >= 15 is 0 Å². The zero-order valence-electron chi connectivity index (χ0n) is 8.52. The Balaban J connectivity index is 2.11. The molecule has 2 rings (SSSR count). The molecule has 1 aromatic carbocycles. The number of alkyl halides is 1. The summed E-state index contributed by atoms with van der Waals surface area (Å²) in [4.78, 5) is 0. The van der Waals surface area contributed by atoms with Crippen molar-refractivity contribution >= 4 is 15.9 Å². The van der Waals surface area contributed by atoms with Gasteiger partial charge in [-0.05, 0) is 12.5 Å². The molecule has 0 radical (unpaired) electrons. The summed E-state index contributed by atoms with van der Waals surface area (Å²) in [6.07, 6.45) is 1.95. The highest BCUT2D eigenvalue weighted by Crippen LogP contribution is 2.06. The molecule has 0 spiro atoms. The number of rotatable bonds is 3. The Morgan fingerprint density at radius 3 is 2.60 bits per heavy atom. The number of aromatic nitrogens is 3. The van der Waals surface area contributed by atoms with Crippen LogP contribution >= 0.6 is 15.9 Å². The van der Waals surface area contributed by atoms with Crippen LogP contribution in [0.4, 0.5) is 0 Å². The van der Waals surface area contributed by atoms with Gasteiger partial charge in [0.2, 0.25) is 0 Å². The van der Waals surface area contributed by atoms with Gasteiger partial charge in [0.25, 0.3) is 0 Å². The maximum absolute atomic E-state index is 4.04. The zero-order chi connectivity index (χ0) is 10.7. The molecule has 0 saturated heterocycles. The average molecular weight is 266 g/mol. The zero-order valence-corrected chi connectivity index (χ0v) is 10.1. The molecule has 0 amide bonds. The van der Waals surface area contributed by atoms with E-state index in [1.807, 2.05) is 10.9 Å². The summed E-state index contributed by atoms with van der Waals surface area (Å²) in [5.41, 5.74) is 3.48. The van der Waals surface area contributed by atoms with Gasteiger partial charge >= 0.3 is 0 Å². The molecule has 0 fully saturated rings. The van der Waals surface area contributed by atoms with Gasteiger partial charge < -0.3 is 0 Å². The van der Waals surface area contributed by atoms with Gasteiger partial charge in [-0.1, -0.05) is 51.0 Å². The minimum atomic E-state index is 0.751. The van der Waals surface area contributed by atoms with Crippen LogP contribution in [0.15, 0.2) is 30.5 Å². The van der Waals surface area contributed by atoms with Gasteiger partial charge in [0.15, 0.2) is 0 Å². The van der Waals surface area contributed by atoms with Crippen molar-refractivity contribution in [2.75, 3.05) is 0 Å². The minimum Gasteiger partial charge on any atom is -0.248 e. The van der Waals surface area contributed by atoms with E-state index in [0.717, 1.165) is 17.6 Å². The molecule has 0 N–H and O–H groups in total. The number of hydrogen-bond acceptors (Lipinski definition) is 2. The number of aryl methyl sites for hydroxylation is 1. The molecule has 0 saturated carbocycles. The van der Waals surface area contributed by atoms with E-state index in [1.165, 1.54) is 11.1 Å². The summed E-state index contributed by atoms with van der Waals surface area (Å²) in [7, 11) is 0. The van der Waals surface area contributed by atoms with Crippen LogP contribution in [0.5, 0.6) is 0 Å². The number of nitrogens with zero attached hydrogens (tertiary/aromatic N) is 3. The fraction of sp³-hybridized carbons (Fsp3) is 0.273. The summed E-state index contributed by atoms with van der Waals surface area (Å²) in [6.45, 7) is 2.86. The lowest BCUT2D eigenvalue weighted by Gasteiger charge is -2.00. The SMILES string of the molecule is Cc1ccc(Cn2cc(CBr)nn2)cc1. The van der Waals surface area contributed by atoms with Crippen molar-refractivity contribution in [3.63, 3.8) is 0 Å². The first-order valence-corrected chi connectivity index (χ1v) is 5.90. The van der Waals surface area contributed by atoms with E-state index in [2.05, 4.69) is 57.4 Å². The van der Waals surface area contributed by atoms with Crippen LogP contribution in [0.1, 0.15) is 16.8 Å². The molecule has 0 unspecified atom stereocenters. The second-order valence-electron chi connectivity index (χ2n) is 3.53. The lowest BCUT2D eigenvalue weighted by Crippen LogP contribution is -2.00. The van der Waals surface area contributed by atoms with Gasteiger partial charge in [-0.15, -0.1) is 5.10 Å². The van der Waals surface area contributed by atoms with Crippen LogP contribution < -0.4 is 0 Å². The second-order valence-corrected chi connectivity index (χ2v) is 4.09. The lowest BCUT2D eigenvalue weighted by molar-refractivity contribution is 0.649. The largest absolute Gasteiger partial charge is 0.248 e. The lowest BCUT2D eigenvalue weighted by atomic mass is 10.1. The first-order chi connectivity index (χ1) is 7.28. The molecule has 1 heterocycles. The van der Waals surface area contributed by atoms with Gasteiger partial charge in [-0.25, -0.2) is 4.68 Å². The topological polar surface area (TPSA) is 30.7 Å². The smallest absolute Gasteiger partial charge is 0.0932 e. The van der Waals surface area contributed by atoms with Crippen molar-refractivity contribution in [1.82, 2.24) is 15.0 Å². The maximum Gasteiger partial charge on any atom is 0.0932 e. The Morgan fingerprint density at radius 1 is 1.27 bits per heavy atom. The molecule has 2 aromatic rings. The molecule has 15 heavy (non-hydrogen) atoms. The van der Waals surface area contributed by atoms with Crippen LogP contribution in [0.2, 0.25) is 0 Å². The first-order valence-electron chi connectivity index (χ1n) is 4.78. The first kappa shape index (κ1) is 10.4. The van der Waals surface area contributed by atoms with Crippen molar-refractivity contribution in [3.8, 4) is 0 Å². The quantitative estimate of drug-likeness (QED) is 0.799. The van der Waals surface area contributed by atoms with Crippen molar-refractivity contribution in [2.24, 2.45) is 0 Å². The van der Waals surface area contributed by atoms with Crippen molar-refractivity contribution in [2.45, 2.75) is 18.8 Å². The van der Waals surface area contributed by atoms with Crippen LogP contribution in [0.3, 0.4) is 0 Å². The Labute approximate surface area is 97.2 Å². The molecular weight excluding hydrogens is 254 g/mol.